The van der Waals surface area contributed by atoms with Gasteiger partial charge in [0.15, 0.2) is 0 Å². The first-order valence-corrected chi connectivity index (χ1v) is 16.3. The van der Waals surface area contributed by atoms with Gasteiger partial charge in [0.25, 0.3) is 0 Å². The number of ether oxygens (including phenoxy) is 2. The Labute approximate surface area is 271 Å². The Kier molecular flexibility index (Phi) is 8.67. The molecule has 2 aliphatic heterocycles. The number of nitrogens with zero attached hydrogens (tertiary/aromatic N) is 2. The van der Waals surface area contributed by atoms with Gasteiger partial charge in [-0.1, -0.05) is 50.2 Å². The monoisotopic (exact) mass is 628 g/mol. The number of methoxy groups -OCH3 is 1. The van der Waals surface area contributed by atoms with E-state index in [9.17, 15) is 9.59 Å². The molecular formula is C35H45BN4O6. The van der Waals surface area contributed by atoms with Crippen molar-refractivity contribution in [1.82, 2.24) is 20.2 Å². The van der Waals surface area contributed by atoms with Crippen molar-refractivity contribution in [2.75, 3.05) is 13.7 Å². The van der Waals surface area contributed by atoms with Crippen LogP contribution in [0.5, 0.6) is 5.75 Å². The van der Waals surface area contributed by atoms with Crippen molar-refractivity contribution in [3.63, 3.8) is 0 Å². The van der Waals surface area contributed by atoms with Crippen LogP contribution in [0.2, 0.25) is 0 Å². The molecule has 3 heterocycles. The Balaban J connectivity index is 1.19. The van der Waals surface area contributed by atoms with Gasteiger partial charge in [0.05, 0.1) is 30.0 Å². The number of amides is 2. The Morgan fingerprint density at radius 1 is 1.11 bits per heavy atom. The summed E-state index contributed by atoms with van der Waals surface area (Å²) in [5.41, 5.74) is 5.38. The predicted molar refractivity (Wildman–Crippen MR) is 176 cm³/mol. The molecule has 2 fully saturated rings. The zero-order chi connectivity index (χ0) is 32.8. The lowest BCUT2D eigenvalue weighted by atomic mass is 9.78. The van der Waals surface area contributed by atoms with Gasteiger partial charge in [-0.05, 0) is 76.4 Å². The molecule has 244 valence electrons. The molecule has 0 saturated carbocycles. The maximum atomic E-state index is 13.6. The van der Waals surface area contributed by atoms with Crippen LogP contribution in [-0.2, 0) is 38.3 Å². The largest absolute Gasteiger partial charge is 0.494 e. The van der Waals surface area contributed by atoms with E-state index in [-0.39, 0.29) is 17.9 Å². The molecule has 10 nitrogen and oxygen atoms in total. The van der Waals surface area contributed by atoms with E-state index in [4.69, 9.17) is 23.8 Å². The van der Waals surface area contributed by atoms with Gasteiger partial charge >= 0.3 is 13.2 Å². The SMILES string of the molecule is COC(=O)N[C@H](C(=O)N1CCC[C@H]1c1nc2c([nH]1)CCc1c(OCc3cccc(B4OC(C)(C)C(C)(C)O4)c3)cccc1-2)C(C)C. The Morgan fingerprint density at radius 2 is 1.85 bits per heavy atom. The topological polar surface area (TPSA) is 115 Å². The summed E-state index contributed by atoms with van der Waals surface area (Å²) in [6, 6.07) is 13.5. The number of aromatic nitrogens is 2. The highest BCUT2D eigenvalue weighted by atomic mass is 16.7. The van der Waals surface area contributed by atoms with Crippen molar-refractivity contribution < 1.29 is 28.4 Å². The lowest BCUT2D eigenvalue weighted by Crippen LogP contribution is -2.51. The number of benzene rings is 2. The van der Waals surface area contributed by atoms with Crippen molar-refractivity contribution in [1.29, 1.82) is 0 Å². The predicted octanol–water partition coefficient (Wildman–Crippen LogP) is 5.10. The molecule has 1 aromatic heterocycles. The third-order valence-corrected chi connectivity index (χ3v) is 9.92. The molecule has 0 radical (unpaired) electrons. The highest BCUT2D eigenvalue weighted by Gasteiger charge is 2.51. The van der Waals surface area contributed by atoms with E-state index >= 15 is 0 Å². The number of hydrogen-bond acceptors (Lipinski definition) is 7. The highest BCUT2D eigenvalue weighted by Crippen LogP contribution is 2.40. The summed E-state index contributed by atoms with van der Waals surface area (Å²) in [6.45, 7) is 13.1. The number of aryl methyl sites for hydroxylation is 1. The van der Waals surface area contributed by atoms with E-state index in [1.807, 2.05) is 43.0 Å². The second kappa shape index (κ2) is 12.4. The lowest BCUT2D eigenvalue weighted by Gasteiger charge is -2.32. The number of nitrogens with one attached hydrogen (secondary N) is 2. The first-order valence-electron chi connectivity index (χ1n) is 16.3. The van der Waals surface area contributed by atoms with Gasteiger partial charge in [0.2, 0.25) is 5.91 Å². The summed E-state index contributed by atoms with van der Waals surface area (Å²) in [7, 11) is 0.881. The van der Waals surface area contributed by atoms with Crippen LogP contribution in [0.1, 0.15) is 83.1 Å². The maximum absolute atomic E-state index is 13.6. The Morgan fingerprint density at radius 3 is 2.57 bits per heavy atom. The number of rotatable bonds is 8. The van der Waals surface area contributed by atoms with Crippen LogP contribution < -0.4 is 15.5 Å². The molecule has 0 unspecified atom stereocenters. The molecule has 2 saturated heterocycles. The van der Waals surface area contributed by atoms with Gasteiger partial charge in [0.1, 0.15) is 24.2 Å². The second-order valence-corrected chi connectivity index (χ2v) is 13.9. The Bertz CT molecular complexity index is 1600. The van der Waals surface area contributed by atoms with Crippen LogP contribution in [-0.4, -0.2) is 64.9 Å². The molecule has 0 bridgehead atoms. The molecule has 3 aliphatic rings. The molecule has 11 heteroatoms. The minimum atomic E-state index is -0.671. The number of aromatic amines is 1. The van der Waals surface area contributed by atoms with Crippen molar-refractivity contribution in [3.8, 4) is 17.0 Å². The summed E-state index contributed by atoms with van der Waals surface area (Å²) >= 11 is 0. The molecule has 2 amide bonds. The second-order valence-electron chi connectivity index (χ2n) is 13.9. The van der Waals surface area contributed by atoms with Crippen LogP contribution >= 0.6 is 0 Å². The fourth-order valence-electron chi connectivity index (χ4n) is 6.58. The standard InChI is InChI=1S/C35H45BN4O6/c1-21(2)29(39-33(42)43-7)32(41)40-18-10-14-27(40)31-37-26-17-16-24-25(30(26)38-31)13-9-15-28(24)44-20-22-11-8-12-23(19-22)36-45-34(3,4)35(5,6)46-36/h8-9,11-13,15,19,21,27,29H,10,14,16-18,20H2,1-7H3,(H,37,38)(H,39,42)/t27-,29-/m0/s1. The average Bonchev–Trinajstić information content (AvgIpc) is 3.74. The number of likely N-dealkylation sites (tertiary alicyclic amines) is 1. The molecule has 0 spiro atoms. The molecule has 1 aliphatic carbocycles. The van der Waals surface area contributed by atoms with Crippen LogP contribution in [0, 0.1) is 5.92 Å². The van der Waals surface area contributed by atoms with Crippen LogP contribution in [0.25, 0.3) is 11.3 Å². The van der Waals surface area contributed by atoms with Gasteiger partial charge in [0, 0.05) is 23.4 Å². The molecular weight excluding hydrogens is 583 g/mol. The first-order chi connectivity index (χ1) is 21.9. The lowest BCUT2D eigenvalue weighted by molar-refractivity contribution is -0.135. The quantitative estimate of drug-likeness (QED) is 0.334. The van der Waals surface area contributed by atoms with Crippen molar-refractivity contribution in [3.05, 3.63) is 65.1 Å². The fraction of sp³-hybridized carbons (Fsp3) is 0.514. The third-order valence-electron chi connectivity index (χ3n) is 9.92. The fourth-order valence-corrected chi connectivity index (χ4v) is 6.58. The van der Waals surface area contributed by atoms with Gasteiger partial charge in [-0.2, -0.15) is 0 Å². The molecule has 3 aromatic rings. The minimum Gasteiger partial charge on any atom is -0.489 e. The molecule has 2 atom stereocenters. The summed E-state index contributed by atoms with van der Waals surface area (Å²) in [5.74, 6) is 1.43. The van der Waals surface area contributed by atoms with Crippen molar-refractivity contribution in [2.24, 2.45) is 5.92 Å². The number of carbonyl (C=O) groups is 2. The Hall–Kier alpha value is -3.83. The maximum Gasteiger partial charge on any atom is 0.494 e. The van der Waals surface area contributed by atoms with Gasteiger partial charge in [-0.3, -0.25) is 4.79 Å². The molecule has 6 rings (SSSR count). The molecule has 2 N–H and O–H groups in total. The van der Waals surface area contributed by atoms with E-state index in [0.717, 1.165) is 70.8 Å². The average molecular weight is 629 g/mol. The van der Waals surface area contributed by atoms with E-state index in [0.29, 0.717) is 13.2 Å². The van der Waals surface area contributed by atoms with Crippen LogP contribution in [0.4, 0.5) is 4.79 Å². The summed E-state index contributed by atoms with van der Waals surface area (Å²) in [4.78, 5) is 36.1. The summed E-state index contributed by atoms with van der Waals surface area (Å²) in [6.07, 6.45) is 2.69. The van der Waals surface area contributed by atoms with E-state index in [1.54, 1.807) is 0 Å². The van der Waals surface area contributed by atoms with Crippen LogP contribution in [0.15, 0.2) is 42.5 Å². The van der Waals surface area contributed by atoms with Crippen LogP contribution in [0.3, 0.4) is 0 Å². The minimum absolute atomic E-state index is 0.0888. The van der Waals surface area contributed by atoms with E-state index < -0.39 is 30.5 Å². The zero-order valence-electron chi connectivity index (χ0n) is 27.9. The number of imidazole rings is 1. The van der Waals surface area contributed by atoms with E-state index in [2.05, 4.69) is 56.2 Å². The van der Waals surface area contributed by atoms with Gasteiger partial charge < -0.3 is 34.0 Å². The van der Waals surface area contributed by atoms with E-state index in [1.165, 1.54) is 7.11 Å². The van der Waals surface area contributed by atoms with Gasteiger partial charge in [-0.15, -0.1) is 0 Å². The summed E-state index contributed by atoms with van der Waals surface area (Å²) in [5, 5.41) is 2.72. The van der Waals surface area contributed by atoms with Crippen molar-refractivity contribution >= 4 is 24.6 Å². The first kappa shape index (κ1) is 32.1. The normalized spacial score (nSPS) is 20.3. The summed E-state index contributed by atoms with van der Waals surface area (Å²) < 4.78 is 23.7. The number of fused-ring (bicyclic) bond motifs is 3. The number of H-pyrrole nitrogens is 1. The van der Waals surface area contributed by atoms with Crippen molar-refractivity contribution in [2.45, 2.75) is 97.1 Å². The highest BCUT2D eigenvalue weighted by molar-refractivity contribution is 6.62. The number of alkyl carbamates (subject to hydrolysis) is 1. The smallest absolute Gasteiger partial charge is 0.489 e. The third kappa shape index (κ3) is 6.02. The zero-order valence-corrected chi connectivity index (χ0v) is 27.9. The number of hydrogen-bond donors (Lipinski definition) is 2. The number of carbonyl (C=O) groups excluding carboxylic acids is 2. The molecule has 2 aromatic carbocycles. The molecule has 46 heavy (non-hydrogen) atoms. The van der Waals surface area contributed by atoms with Gasteiger partial charge in [-0.25, -0.2) is 9.78 Å².